The Morgan fingerprint density at radius 1 is 0.871 bits per heavy atom. The summed E-state index contributed by atoms with van der Waals surface area (Å²) in [5, 5.41) is 5.03. The van der Waals surface area contributed by atoms with Crippen molar-refractivity contribution in [2.45, 2.75) is 13.2 Å². The third-order valence-electron chi connectivity index (χ3n) is 5.02. The van der Waals surface area contributed by atoms with Crippen LogP contribution in [-0.4, -0.2) is 20.7 Å². The molecule has 0 radical (unpaired) electrons. The van der Waals surface area contributed by atoms with Crippen molar-refractivity contribution in [2.75, 3.05) is 0 Å². The second-order valence-corrected chi connectivity index (χ2v) is 6.99. The third kappa shape index (κ3) is 3.57. The summed E-state index contributed by atoms with van der Waals surface area (Å²) in [6, 6.07) is 23.8. The molecule has 0 bridgehead atoms. The standard InChI is InChI=1S/C24H17N3O4/c28-22(30-15-21-25-24(26-31-21)16-8-2-1-3-9-16)14-27-19-12-6-4-10-17(19)23(29)18-11-5-7-13-20(18)27/h1-13H,14-15H2. The Hall–Kier alpha value is -4.26. The number of hydrogen-bond acceptors (Lipinski definition) is 6. The Labute approximate surface area is 176 Å². The molecule has 0 aliphatic rings. The summed E-state index contributed by atoms with van der Waals surface area (Å²) >= 11 is 0. The Balaban J connectivity index is 1.39. The summed E-state index contributed by atoms with van der Waals surface area (Å²) in [5.74, 6) is 0.171. The van der Waals surface area contributed by atoms with E-state index in [0.29, 0.717) is 27.6 Å². The second-order valence-electron chi connectivity index (χ2n) is 6.99. The molecule has 0 fully saturated rings. The summed E-state index contributed by atoms with van der Waals surface area (Å²) in [4.78, 5) is 29.7. The molecule has 0 saturated heterocycles. The molecular formula is C24H17N3O4. The molecule has 0 aliphatic heterocycles. The molecule has 5 rings (SSSR count). The second kappa shape index (κ2) is 7.87. The highest BCUT2D eigenvalue weighted by Gasteiger charge is 2.15. The monoisotopic (exact) mass is 411 g/mol. The van der Waals surface area contributed by atoms with E-state index in [0.717, 1.165) is 5.56 Å². The van der Waals surface area contributed by atoms with Gasteiger partial charge in [-0.3, -0.25) is 9.59 Å². The molecule has 0 unspecified atom stereocenters. The molecule has 7 heteroatoms. The van der Waals surface area contributed by atoms with Gasteiger partial charge in [-0.1, -0.05) is 59.8 Å². The maximum Gasteiger partial charge on any atom is 0.326 e. The minimum atomic E-state index is -0.474. The first-order chi connectivity index (χ1) is 15.2. The number of para-hydroxylation sites is 2. The van der Waals surface area contributed by atoms with E-state index in [-0.39, 0.29) is 24.5 Å². The summed E-state index contributed by atoms with van der Waals surface area (Å²) < 4.78 is 12.4. The Morgan fingerprint density at radius 2 is 1.48 bits per heavy atom. The number of carbonyl (C=O) groups excluding carboxylic acids is 1. The van der Waals surface area contributed by atoms with Gasteiger partial charge in [-0.15, -0.1) is 0 Å². The average molecular weight is 411 g/mol. The topological polar surface area (TPSA) is 87.2 Å². The molecule has 3 aromatic carbocycles. The highest BCUT2D eigenvalue weighted by atomic mass is 16.6. The van der Waals surface area contributed by atoms with Crippen LogP contribution in [0, 0.1) is 0 Å². The Kier molecular flexibility index (Phi) is 4.76. The van der Waals surface area contributed by atoms with Crippen LogP contribution in [0.5, 0.6) is 0 Å². The highest BCUT2D eigenvalue weighted by Crippen LogP contribution is 2.19. The van der Waals surface area contributed by atoms with Crippen molar-refractivity contribution >= 4 is 27.8 Å². The smallest absolute Gasteiger partial charge is 0.326 e. The lowest BCUT2D eigenvalue weighted by Gasteiger charge is -2.14. The lowest BCUT2D eigenvalue weighted by Crippen LogP contribution is -2.18. The summed E-state index contributed by atoms with van der Waals surface area (Å²) in [6.07, 6.45) is 0. The van der Waals surface area contributed by atoms with Gasteiger partial charge in [0.2, 0.25) is 5.82 Å². The summed E-state index contributed by atoms with van der Waals surface area (Å²) in [5.41, 5.74) is 2.10. The number of esters is 1. The third-order valence-corrected chi connectivity index (χ3v) is 5.02. The first kappa shape index (κ1) is 18.7. The first-order valence-electron chi connectivity index (χ1n) is 9.74. The van der Waals surface area contributed by atoms with E-state index in [2.05, 4.69) is 10.1 Å². The van der Waals surface area contributed by atoms with Crippen molar-refractivity contribution in [3.63, 3.8) is 0 Å². The van der Waals surface area contributed by atoms with Crippen molar-refractivity contribution in [3.8, 4) is 11.4 Å². The van der Waals surface area contributed by atoms with Gasteiger partial charge >= 0.3 is 5.97 Å². The zero-order valence-electron chi connectivity index (χ0n) is 16.4. The number of rotatable bonds is 5. The quantitative estimate of drug-likeness (QED) is 0.321. The van der Waals surface area contributed by atoms with Gasteiger partial charge in [-0.2, -0.15) is 4.98 Å². The highest BCUT2D eigenvalue weighted by molar-refractivity contribution is 5.94. The summed E-state index contributed by atoms with van der Waals surface area (Å²) in [7, 11) is 0. The van der Waals surface area contributed by atoms with Crippen LogP contribution in [0.1, 0.15) is 5.89 Å². The molecule has 152 valence electrons. The van der Waals surface area contributed by atoms with E-state index in [1.807, 2.05) is 54.6 Å². The molecule has 5 aromatic rings. The van der Waals surface area contributed by atoms with E-state index in [1.165, 1.54) is 0 Å². The number of carbonyl (C=O) groups is 1. The number of ether oxygens (including phenoxy) is 1. The number of hydrogen-bond donors (Lipinski definition) is 0. The van der Waals surface area contributed by atoms with Gasteiger partial charge in [0.15, 0.2) is 12.0 Å². The van der Waals surface area contributed by atoms with E-state index in [9.17, 15) is 9.59 Å². The van der Waals surface area contributed by atoms with E-state index >= 15 is 0 Å². The van der Waals surface area contributed by atoms with Crippen molar-refractivity contribution in [1.82, 2.24) is 14.7 Å². The van der Waals surface area contributed by atoms with Gasteiger partial charge in [0.25, 0.3) is 5.89 Å². The zero-order valence-corrected chi connectivity index (χ0v) is 16.4. The van der Waals surface area contributed by atoms with Gasteiger partial charge in [0.05, 0.1) is 11.0 Å². The number of nitrogens with zero attached hydrogens (tertiary/aromatic N) is 3. The number of benzene rings is 3. The molecule has 0 saturated carbocycles. The number of aromatic nitrogens is 3. The van der Waals surface area contributed by atoms with Crippen LogP contribution in [0.3, 0.4) is 0 Å². The van der Waals surface area contributed by atoms with Crippen LogP contribution >= 0.6 is 0 Å². The van der Waals surface area contributed by atoms with Crippen molar-refractivity contribution in [1.29, 1.82) is 0 Å². The summed E-state index contributed by atoms with van der Waals surface area (Å²) in [6.45, 7) is -0.185. The maximum atomic E-state index is 12.8. The molecular weight excluding hydrogens is 394 g/mol. The SMILES string of the molecule is O=C(Cn1c2ccccc2c(=O)c2ccccc21)OCc1nc(-c2ccccc2)no1. The van der Waals surface area contributed by atoms with Gasteiger partial charge in [0, 0.05) is 16.3 Å². The maximum absolute atomic E-state index is 12.8. The largest absolute Gasteiger partial charge is 0.454 e. The average Bonchev–Trinajstić information content (AvgIpc) is 3.30. The fourth-order valence-electron chi connectivity index (χ4n) is 3.58. The van der Waals surface area contributed by atoms with E-state index in [1.54, 1.807) is 28.8 Å². The van der Waals surface area contributed by atoms with Gasteiger partial charge < -0.3 is 13.8 Å². The van der Waals surface area contributed by atoms with Crippen molar-refractivity contribution in [3.05, 3.63) is 95.0 Å². The van der Waals surface area contributed by atoms with Crippen LogP contribution in [0.15, 0.2) is 88.2 Å². The normalized spacial score (nSPS) is 11.1. The molecule has 0 aliphatic carbocycles. The zero-order chi connectivity index (χ0) is 21.2. The fourth-order valence-corrected chi connectivity index (χ4v) is 3.58. The number of fused-ring (bicyclic) bond motifs is 2. The van der Waals surface area contributed by atoms with Crippen molar-refractivity contribution in [2.24, 2.45) is 0 Å². The lowest BCUT2D eigenvalue weighted by molar-refractivity contribution is -0.146. The van der Waals surface area contributed by atoms with Gasteiger partial charge in [0.1, 0.15) is 6.54 Å². The molecule has 0 atom stereocenters. The Bertz CT molecular complexity index is 1390. The van der Waals surface area contributed by atoms with Gasteiger partial charge in [-0.05, 0) is 24.3 Å². The molecule has 31 heavy (non-hydrogen) atoms. The molecule has 2 aromatic heterocycles. The van der Waals surface area contributed by atoms with Crippen LogP contribution < -0.4 is 5.43 Å². The van der Waals surface area contributed by atoms with Crippen LogP contribution in [0.2, 0.25) is 0 Å². The van der Waals surface area contributed by atoms with Crippen LogP contribution in [0.25, 0.3) is 33.2 Å². The molecule has 0 N–H and O–H groups in total. The van der Waals surface area contributed by atoms with Gasteiger partial charge in [-0.25, -0.2) is 0 Å². The lowest BCUT2D eigenvalue weighted by atomic mass is 10.1. The van der Waals surface area contributed by atoms with Crippen molar-refractivity contribution < 1.29 is 14.1 Å². The minimum Gasteiger partial charge on any atom is -0.454 e. The Morgan fingerprint density at radius 3 is 2.16 bits per heavy atom. The minimum absolute atomic E-state index is 0.0546. The van der Waals surface area contributed by atoms with E-state index in [4.69, 9.17) is 9.26 Å². The van der Waals surface area contributed by atoms with Crippen LogP contribution in [0.4, 0.5) is 0 Å². The van der Waals surface area contributed by atoms with E-state index < -0.39 is 5.97 Å². The molecule has 0 spiro atoms. The molecule has 2 heterocycles. The fraction of sp³-hybridized carbons (Fsp3) is 0.0833. The molecule has 0 amide bonds. The molecule has 7 nitrogen and oxygen atoms in total. The first-order valence-corrected chi connectivity index (χ1v) is 9.74. The van der Waals surface area contributed by atoms with Crippen LogP contribution in [-0.2, 0) is 22.7 Å². The number of pyridine rings is 1. The predicted molar refractivity (Wildman–Crippen MR) is 115 cm³/mol. The predicted octanol–water partition coefficient (Wildman–Crippen LogP) is 3.95.